The van der Waals surface area contributed by atoms with Crippen LogP contribution in [0.4, 0.5) is 0 Å². The van der Waals surface area contributed by atoms with E-state index in [4.69, 9.17) is 10.4 Å². The van der Waals surface area contributed by atoms with Crippen molar-refractivity contribution in [3.05, 3.63) is 95.1 Å². The lowest BCUT2D eigenvalue weighted by Gasteiger charge is -2.27. The second-order valence-electron chi connectivity index (χ2n) is 11.6. The van der Waals surface area contributed by atoms with Crippen molar-refractivity contribution in [2.45, 2.75) is 51.4 Å². The quantitative estimate of drug-likeness (QED) is 0.0716. The standard InChI is InChI=1S/2C18H18N2O4/c2*21-15(19-24)10-2-1-3-11-20-17(22)13-8-4-6-12-7-5-9-14(16(12)13)18(20)23/h2*4-9,24H,1-3,10-11H2,(H,19,21). The van der Waals surface area contributed by atoms with Crippen LogP contribution in [0.1, 0.15) is 92.8 Å². The molecule has 0 fully saturated rings. The van der Waals surface area contributed by atoms with E-state index in [1.165, 1.54) is 9.80 Å². The van der Waals surface area contributed by atoms with Crippen LogP contribution < -0.4 is 11.0 Å². The molecule has 0 unspecified atom stereocenters. The van der Waals surface area contributed by atoms with Gasteiger partial charge in [0.25, 0.3) is 23.6 Å². The Labute approximate surface area is 276 Å². The van der Waals surface area contributed by atoms with Crippen molar-refractivity contribution < 1.29 is 39.2 Å². The number of hydrogen-bond donors (Lipinski definition) is 4. The van der Waals surface area contributed by atoms with Crippen LogP contribution >= 0.6 is 0 Å². The van der Waals surface area contributed by atoms with Crippen LogP contribution in [0.2, 0.25) is 0 Å². The molecule has 0 radical (unpaired) electrons. The monoisotopic (exact) mass is 652 g/mol. The van der Waals surface area contributed by atoms with Crippen molar-refractivity contribution >= 4 is 57.0 Å². The molecule has 0 saturated heterocycles. The molecule has 0 aromatic heterocycles. The van der Waals surface area contributed by atoms with Crippen LogP contribution in [0.15, 0.2) is 72.8 Å². The Balaban J connectivity index is 0.000000188. The number of hydroxylamine groups is 2. The molecule has 48 heavy (non-hydrogen) atoms. The fourth-order valence-corrected chi connectivity index (χ4v) is 6.14. The molecule has 4 aromatic rings. The molecule has 248 valence electrons. The van der Waals surface area contributed by atoms with Gasteiger partial charge in [-0.2, -0.15) is 0 Å². The smallest absolute Gasteiger partial charge is 0.261 e. The van der Waals surface area contributed by atoms with Gasteiger partial charge in [0.05, 0.1) is 0 Å². The van der Waals surface area contributed by atoms with Crippen LogP contribution in [0.5, 0.6) is 0 Å². The van der Waals surface area contributed by atoms with Gasteiger partial charge in [-0.25, -0.2) is 11.0 Å². The van der Waals surface area contributed by atoms with Crippen molar-refractivity contribution in [2.75, 3.05) is 13.1 Å². The molecular formula is C36H36N4O8. The van der Waals surface area contributed by atoms with E-state index in [0.717, 1.165) is 21.5 Å². The normalized spacial score (nSPS) is 13.5. The van der Waals surface area contributed by atoms with Crippen molar-refractivity contribution in [3.63, 3.8) is 0 Å². The molecule has 0 saturated carbocycles. The van der Waals surface area contributed by atoms with Crippen LogP contribution in [0, 0.1) is 0 Å². The summed E-state index contributed by atoms with van der Waals surface area (Å²) in [5.74, 6) is -1.92. The second-order valence-corrected chi connectivity index (χ2v) is 11.6. The number of amides is 6. The molecule has 2 aliphatic rings. The third-order valence-corrected chi connectivity index (χ3v) is 8.53. The summed E-state index contributed by atoms with van der Waals surface area (Å²) in [7, 11) is 0. The molecule has 6 amide bonds. The summed E-state index contributed by atoms with van der Waals surface area (Å²) >= 11 is 0. The summed E-state index contributed by atoms with van der Waals surface area (Å²) in [4.78, 5) is 75.0. The topological polar surface area (TPSA) is 173 Å². The van der Waals surface area contributed by atoms with E-state index in [1.54, 1.807) is 35.2 Å². The zero-order chi connectivity index (χ0) is 34.2. The van der Waals surface area contributed by atoms with Crippen molar-refractivity contribution in [2.24, 2.45) is 0 Å². The number of nitrogens with one attached hydrogen (secondary N) is 2. The van der Waals surface area contributed by atoms with Crippen molar-refractivity contribution in [1.29, 1.82) is 0 Å². The summed E-state index contributed by atoms with van der Waals surface area (Å²) in [5.41, 5.74) is 5.40. The fraction of sp³-hybridized carbons (Fsp3) is 0.278. The van der Waals surface area contributed by atoms with Gasteiger partial charge in [-0.1, -0.05) is 61.4 Å². The molecule has 0 aliphatic carbocycles. The maximum absolute atomic E-state index is 12.6. The maximum atomic E-state index is 12.6. The Morgan fingerprint density at radius 2 is 0.792 bits per heavy atom. The highest BCUT2D eigenvalue weighted by molar-refractivity contribution is 6.26. The van der Waals surface area contributed by atoms with Gasteiger partial charge in [-0.15, -0.1) is 0 Å². The van der Waals surface area contributed by atoms with E-state index in [0.29, 0.717) is 73.9 Å². The number of carbonyl (C=O) groups is 6. The molecule has 0 spiro atoms. The molecule has 12 heteroatoms. The molecule has 4 N–H and O–H groups in total. The third kappa shape index (κ3) is 7.09. The van der Waals surface area contributed by atoms with Gasteiger partial charge in [0.2, 0.25) is 11.8 Å². The van der Waals surface area contributed by atoms with Gasteiger partial charge in [-0.3, -0.25) is 49.0 Å². The summed E-state index contributed by atoms with van der Waals surface area (Å²) in [6.45, 7) is 0.645. The van der Waals surface area contributed by atoms with Crippen molar-refractivity contribution in [1.82, 2.24) is 20.8 Å². The maximum Gasteiger partial charge on any atom is 0.261 e. The van der Waals surface area contributed by atoms with Gasteiger partial charge in [0.1, 0.15) is 0 Å². The third-order valence-electron chi connectivity index (χ3n) is 8.53. The minimum Gasteiger partial charge on any atom is -0.289 e. The lowest BCUT2D eigenvalue weighted by molar-refractivity contribution is -0.130. The number of nitrogens with zero attached hydrogens (tertiary/aromatic N) is 2. The largest absolute Gasteiger partial charge is 0.289 e. The van der Waals surface area contributed by atoms with Gasteiger partial charge < -0.3 is 0 Å². The first-order valence-electron chi connectivity index (χ1n) is 15.9. The number of rotatable bonds is 12. The fourth-order valence-electron chi connectivity index (χ4n) is 6.14. The Kier molecular flexibility index (Phi) is 10.9. The van der Waals surface area contributed by atoms with Gasteiger partial charge in [-0.05, 0) is 60.7 Å². The molecule has 12 nitrogen and oxygen atoms in total. The Bertz CT molecular complexity index is 1670. The zero-order valence-corrected chi connectivity index (χ0v) is 26.2. The van der Waals surface area contributed by atoms with E-state index >= 15 is 0 Å². The highest BCUT2D eigenvalue weighted by Crippen LogP contribution is 2.31. The minimum atomic E-state index is -0.430. The molecule has 4 aromatic carbocycles. The first kappa shape index (κ1) is 33.9. The van der Waals surface area contributed by atoms with E-state index < -0.39 is 11.8 Å². The molecule has 2 heterocycles. The summed E-state index contributed by atoms with van der Waals surface area (Å²) < 4.78 is 0. The average molecular weight is 653 g/mol. The van der Waals surface area contributed by atoms with Gasteiger partial charge >= 0.3 is 0 Å². The van der Waals surface area contributed by atoms with Crippen LogP contribution in [0.3, 0.4) is 0 Å². The highest BCUT2D eigenvalue weighted by Gasteiger charge is 2.33. The van der Waals surface area contributed by atoms with E-state index in [2.05, 4.69) is 0 Å². The van der Waals surface area contributed by atoms with Gasteiger partial charge in [0, 0.05) is 59.0 Å². The van der Waals surface area contributed by atoms with Crippen LogP contribution in [-0.4, -0.2) is 68.7 Å². The second kappa shape index (κ2) is 15.4. The average Bonchev–Trinajstić information content (AvgIpc) is 3.11. The van der Waals surface area contributed by atoms with E-state index in [9.17, 15) is 28.8 Å². The highest BCUT2D eigenvalue weighted by atomic mass is 16.5. The number of unbranched alkanes of at least 4 members (excludes halogenated alkanes) is 4. The summed E-state index contributed by atoms with van der Waals surface area (Å²) in [6.07, 6.45) is 4.25. The zero-order valence-electron chi connectivity index (χ0n) is 26.2. The molecule has 0 atom stereocenters. The van der Waals surface area contributed by atoms with Gasteiger partial charge in [0.15, 0.2) is 0 Å². The SMILES string of the molecule is O=C(CCCCCN1C(=O)c2cccc3cccc(c23)C1=O)NO.O=C(CCCCCN1C(=O)c2cccc3cccc(c23)C1=O)NO. The number of carbonyl (C=O) groups excluding carboxylic acids is 6. The Hall–Kier alpha value is -5.46. The van der Waals surface area contributed by atoms with Crippen LogP contribution in [-0.2, 0) is 9.59 Å². The first-order valence-corrected chi connectivity index (χ1v) is 15.9. The van der Waals surface area contributed by atoms with E-state index in [-0.39, 0.29) is 36.5 Å². The Morgan fingerprint density at radius 3 is 1.08 bits per heavy atom. The predicted octanol–water partition coefficient (Wildman–Crippen LogP) is 5.00. The molecular weight excluding hydrogens is 616 g/mol. The lowest BCUT2D eigenvalue weighted by Crippen LogP contribution is -2.40. The minimum absolute atomic E-state index is 0.223. The molecule has 0 bridgehead atoms. The van der Waals surface area contributed by atoms with Crippen molar-refractivity contribution in [3.8, 4) is 0 Å². The van der Waals surface area contributed by atoms with E-state index in [1.807, 2.05) is 48.5 Å². The summed E-state index contributed by atoms with van der Waals surface area (Å²) in [5, 5.41) is 20.1. The number of benzene rings is 4. The first-order chi connectivity index (χ1) is 23.3. The molecule has 2 aliphatic heterocycles. The summed E-state index contributed by atoms with van der Waals surface area (Å²) in [6, 6.07) is 21.9. The number of hydrogen-bond acceptors (Lipinski definition) is 8. The molecule has 6 rings (SSSR count). The Morgan fingerprint density at radius 1 is 0.479 bits per heavy atom. The van der Waals surface area contributed by atoms with Crippen LogP contribution in [0.25, 0.3) is 21.5 Å². The predicted molar refractivity (Wildman–Crippen MR) is 175 cm³/mol. The number of imide groups is 2. The lowest BCUT2D eigenvalue weighted by atomic mass is 9.94.